The zero-order valence-corrected chi connectivity index (χ0v) is 17.3. The van der Waals surface area contributed by atoms with E-state index in [4.69, 9.17) is 0 Å². The molecule has 0 saturated heterocycles. The van der Waals surface area contributed by atoms with E-state index < -0.39 is 0 Å². The molecule has 27 heavy (non-hydrogen) atoms. The summed E-state index contributed by atoms with van der Waals surface area (Å²) in [6, 6.07) is 11.9. The minimum Gasteiger partial charge on any atom is -0.353 e. The van der Waals surface area contributed by atoms with Gasteiger partial charge in [0.25, 0.3) is 0 Å². The first kappa shape index (κ1) is 19.3. The molecule has 7 heteroatoms. The highest BCUT2D eigenvalue weighted by molar-refractivity contribution is 9.10. The maximum absolute atomic E-state index is 4.65. The van der Waals surface area contributed by atoms with Gasteiger partial charge in [0.05, 0.1) is 5.69 Å². The van der Waals surface area contributed by atoms with Crippen LogP contribution in [0.2, 0.25) is 0 Å². The van der Waals surface area contributed by atoms with Crippen LogP contribution in [0.25, 0.3) is 11.3 Å². The molecule has 0 aliphatic rings. The Labute approximate surface area is 168 Å². The normalized spacial score (nSPS) is 10.9. The molecule has 3 rings (SSSR count). The van der Waals surface area contributed by atoms with Crippen LogP contribution in [0.3, 0.4) is 0 Å². The molecular weight excluding hydrogens is 404 g/mol. The minimum absolute atomic E-state index is 0.591. The predicted octanol–water partition coefficient (Wildman–Crippen LogP) is 4.33. The van der Waals surface area contributed by atoms with Crippen molar-refractivity contribution in [2.45, 2.75) is 6.92 Å². The van der Waals surface area contributed by atoms with Gasteiger partial charge in [-0.15, -0.1) is 0 Å². The first-order valence-corrected chi connectivity index (χ1v) is 9.52. The lowest BCUT2D eigenvalue weighted by molar-refractivity contribution is 0.425. The molecule has 0 radical (unpaired) electrons. The molecule has 0 amide bonds. The summed E-state index contributed by atoms with van der Waals surface area (Å²) in [6.45, 7) is 3.72. The van der Waals surface area contributed by atoms with E-state index >= 15 is 0 Å². The quantitative estimate of drug-likeness (QED) is 0.585. The van der Waals surface area contributed by atoms with Crippen LogP contribution in [-0.4, -0.2) is 47.0 Å². The van der Waals surface area contributed by atoms with Crippen molar-refractivity contribution in [2.24, 2.45) is 0 Å². The van der Waals surface area contributed by atoms with Crippen molar-refractivity contribution in [3.63, 3.8) is 0 Å². The van der Waals surface area contributed by atoms with Crippen molar-refractivity contribution < 1.29 is 0 Å². The van der Waals surface area contributed by atoms with Gasteiger partial charge in [-0.25, -0.2) is 4.98 Å². The summed E-state index contributed by atoms with van der Waals surface area (Å²) < 4.78 is 1.05. The van der Waals surface area contributed by atoms with Crippen molar-refractivity contribution in [2.75, 3.05) is 37.8 Å². The van der Waals surface area contributed by atoms with Gasteiger partial charge in [-0.1, -0.05) is 22.0 Å². The summed E-state index contributed by atoms with van der Waals surface area (Å²) in [7, 11) is 4.08. The van der Waals surface area contributed by atoms with Crippen LogP contribution in [0.5, 0.6) is 0 Å². The number of pyridine rings is 1. The summed E-state index contributed by atoms with van der Waals surface area (Å²) >= 11 is 3.57. The zero-order valence-electron chi connectivity index (χ0n) is 15.7. The molecule has 0 saturated carbocycles. The van der Waals surface area contributed by atoms with E-state index in [1.165, 1.54) is 0 Å². The minimum atomic E-state index is 0.591. The molecule has 0 unspecified atom stereocenters. The fourth-order valence-electron chi connectivity index (χ4n) is 2.52. The van der Waals surface area contributed by atoms with Crippen molar-refractivity contribution in [1.29, 1.82) is 0 Å². The molecule has 0 atom stereocenters. The third kappa shape index (κ3) is 5.24. The molecule has 2 N–H and O–H groups in total. The third-order valence-electron chi connectivity index (χ3n) is 4.06. The second-order valence-electron chi connectivity index (χ2n) is 6.47. The smallest absolute Gasteiger partial charge is 0.225 e. The predicted molar refractivity (Wildman–Crippen MR) is 114 cm³/mol. The molecule has 0 aliphatic carbocycles. The molecule has 0 spiro atoms. The number of rotatable bonds is 7. The monoisotopic (exact) mass is 426 g/mol. The largest absolute Gasteiger partial charge is 0.353 e. The maximum atomic E-state index is 4.65. The lowest BCUT2D eigenvalue weighted by Crippen LogP contribution is -2.21. The van der Waals surface area contributed by atoms with Crippen molar-refractivity contribution in [1.82, 2.24) is 19.9 Å². The average Bonchev–Trinajstić information content (AvgIpc) is 2.66. The summed E-state index contributed by atoms with van der Waals surface area (Å²) in [5.41, 5.74) is 3.89. The lowest BCUT2D eigenvalue weighted by atomic mass is 10.2. The topological polar surface area (TPSA) is 66.0 Å². The molecule has 6 nitrogen and oxygen atoms in total. The number of halogens is 1. The van der Waals surface area contributed by atoms with Crippen LogP contribution in [0.1, 0.15) is 5.56 Å². The Morgan fingerprint density at radius 3 is 2.70 bits per heavy atom. The maximum Gasteiger partial charge on any atom is 0.225 e. The highest BCUT2D eigenvalue weighted by atomic mass is 79.9. The van der Waals surface area contributed by atoms with E-state index in [1.54, 1.807) is 12.4 Å². The third-order valence-corrected chi connectivity index (χ3v) is 4.92. The number of likely N-dealkylation sites (N-methyl/N-ethyl adjacent to an activating group) is 1. The van der Waals surface area contributed by atoms with Crippen molar-refractivity contribution in [3.8, 4) is 11.3 Å². The number of hydrogen-bond acceptors (Lipinski definition) is 6. The van der Waals surface area contributed by atoms with E-state index in [0.29, 0.717) is 5.95 Å². The summed E-state index contributed by atoms with van der Waals surface area (Å²) in [6.07, 6.45) is 3.56. The van der Waals surface area contributed by atoms with Gasteiger partial charge in [0.1, 0.15) is 5.82 Å². The highest BCUT2D eigenvalue weighted by Gasteiger charge is 2.09. The Bertz CT molecular complexity index is 898. The molecule has 0 bridgehead atoms. The Hall–Kier alpha value is -2.51. The molecule has 2 heterocycles. The highest BCUT2D eigenvalue weighted by Crippen LogP contribution is 2.28. The lowest BCUT2D eigenvalue weighted by Gasteiger charge is -2.14. The zero-order chi connectivity index (χ0) is 19.2. The Morgan fingerprint density at radius 2 is 1.96 bits per heavy atom. The van der Waals surface area contributed by atoms with Crippen LogP contribution in [0.4, 0.5) is 17.5 Å². The number of nitrogens with one attached hydrogen (secondary N) is 2. The summed E-state index contributed by atoms with van der Waals surface area (Å²) in [5.74, 6) is 1.32. The number of anilines is 3. The van der Waals surface area contributed by atoms with Gasteiger partial charge in [0, 0.05) is 47.3 Å². The number of aromatic nitrogens is 3. The fraction of sp³-hybridized carbons (Fsp3) is 0.250. The van der Waals surface area contributed by atoms with E-state index in [1.807, 2.05) is 50.5 Å². The van der Waals surface area contributed by atoms with Gasteiger partial charge in [-0.3, -0.25) is 4.98 Å². The van der Waals surface area contributed by atoms with Gasteiger partial charge >= 0.3 is 0 Å². The number of benzene rings is 1. The van der Waals surface area contributed by atoms with Gasteiger partial charge in [-0.2, -0.15) is 4.98 Å². The Balaban J connectivity index is 1.92. The van der Waals surface area contributed by atoms with E-state index in [0.717, 1.165) is 45.9 Å². The second-order valence-corrected chi connectivity index (χ2v) is 7.33. The van der Waals surface area contributed by atoms with Crippen LogP contribution >= 0.6 is 15.9 Å². The molecule has 2 aromatic heterocycles. The Kier molecular flexibility index (Phi) is 6.36. The van der Waals surface area contributed by atoms with E-state index in [9.17, 15) is 0 Å². The first-order valence-electron chi connectivity index (χ1n) is 8.73. The van der Waals surface area contributed by atoms with Crippen LogP contribution in [0.15, 0.2) is 53.3 Å². The number of hydrogen-bond donors (Lipinski definition) is 2. The van der Waals surface area contributed by atoms with E-state index in [-0.39, 0.29) is 0 Å². The summed E-state index contributed by atoms with van der Waals surface area (Å²) in [4.78, 5) is 15.6. The molecule has 1 aromatic carbocycles. The second kappa shape index (κ2) is 8.92. The van der Waals surface area contributed by atoms with Crippen molar-refractivity contribution in [3.05, 3.63) is 58.8 Å². The van der Waals surface area contributed by atoms with Gasteiger partial charge in [0.15, 0.2) is 0 Å². The number of nitrogens with zero attached hydrogens (tertiary/aromatic N) is 4. The molecular formula is C20H23BrN6. The van der Waals surface area contributed by atoms with Crippen LogP contribution in [0, 0.1) is 6.92 Å². The molecule has 0 fully saturated rings. The SMILES string of the molecule is Cc1c(Br)cccc1Nc1cc(-c2cccnc2)nc(NCCN(C)C)n1. The Morgan fingerprint density at radius 1 is 1.11 bits per heavy atom. The van der Waals surface area contributed by atoms with Crippen LogP contribution in [-0.2, 0) is 0 Å². The molecule has 140 valence electrons. The molecule has 0 aliphatic heterocycles. The first-order chi connectivity index (χ1) is 13.0. The van der Waals surface area contributed by atoms with Gasteiger partial charge in [0.2, 0.25) is 5.95 Å². The standard InChI is InChI=1S/C20H23BrN6/c1-14-16(21)7-4-8-17(14)24-19-12-18(15-6-5-9-22-13-15)25-20(26-19)23-10-11-27(2)3/h4-9,12-13H,10-11H2,1-3H3,(H2,23,24,25,26). The average molecular weight is 427 g/mol. The van der Waals surface area contributed by atoms with Gasteiger partial charge < -0.3 is 15.5 Å². The van der Waals surface area contributed by atoms with Crippen LogP contribution < -0.4 is 10.6 Å². The fourth-order valence-corrected chi connectivity index (χ4v) is 2.89. The van der Waals surface area contributed by atoms with Gasteiger partial charge in [-0.05, 0) is 50.8 Å². The summed E-state index contributed by atoms with van der Waals surface area (Å²) in [5, 5.41) is 6.72. The molecule has 3 aromatic rings. The van der Waals surface area contributed by atoms with Crippen molar-refractivity contribution >= 4 is 33.4 Å². The van der Waals surface area contributed by atoms with E-state index in [2.05, 4.69) is 53.3 Å².